The molecule has 0 heterocycles. The number of aliphatic hydroxyl groups excluding tert-OH is 1. The third-order valence-corrected chi connectivity index (χ3v) is 2.55. The zero-order chi connectivity index (χ0) is 12.3. The van der Waals surface area contributed by atoms with E-state index in [-0.39, 0.29) is 17.2 Å². The predicted molar refractivity (Wildman–Crippen MR) is 57.7 cm³/mol. The monoisotopic (exact) mass is 246 g/mol. The van der Waals surface area contributed by atoms with Crippen LogP contribution in [0.1, 0.15) is 24.2 Å². The van der Waals surface area contributed by atoms with Crippen molar-refractivity contribution in [1.29, 1.82) is 0 Å². The molecule has 0 aliphatic rings. The topological polar surface area (TPSA) is 46.5 Å². The maximum atomic E-state index is 13.1. The van der Waals surface area contributed by atoms with Crippen molar-refractivity contribution in [2.45, 2.75) is 20.0 Å². The zero-order valence-corrected chi connectivity index (χ0v) is 9.71. The van der Waals surface area contributed by atoms with Crippen LogP contribution in [-0.4, -0.2) is 17.7 Å². The van der Waals surface area contributed by atoms with Crippen LogP contribution < -0.4 is 0 Å². The largest absolute Gasteiger partial charge is 0.464 e. The van der Waals surface area contributed by atoms with Gasteiger partial charge in [-0.05, 0) is 37.1 Å². The molecule has 0 saturated heterocycles. The first-order chi connectivity index (χ1) is 7.47. The molecule has 0 fully saturated rings. The Balaban J connectivity index is 3.08. The lowest BCUT2D eigenvalue weighted by Crippen LogP contribution is -2.16. The molecule has 0 aliphatic heterocycles. The molecule has 3 nitrogen and oxygen atoms in total. The number of carbonyl (C=O) groups excluding carboxylic acids is 1. The predicted octanol–water partition coefficient (Wildman–Crippen LogP) is 2.38. The van der Waals surface area contributed by atoms with E-state index < -0.39 is 17.9 Å². The number of esters is 1. The van der Waals surface area contributed by atoms with Gasteiger partial charge in [-0.1, -0.05) is 11.6 Å². The highest BCUT2D eigenvalue weighted by Gasteiger charge is 2.22. The van der Waals surface area contributed by atoms with Crippen LogP contribution in [0, 0.1) is 12.7 Å². The summed E-state index contributed by atoms with van der Waals surface area (Å²) in [6, 6.07) is 2.20. The standard InChI is InChI=1S/C11H12ClFO3/c1-3-16-11(15)10(14)8-4-7(13)5-9(12)6(8)2/h4-5,10,14H,3H2,1-2H3. The van der Waals surface area contributed by atoms with Gasteiger partial charge in [-0.2, -0.15) is 0 Å². The second kappa shape index (κ2) is 5.27. The van der Waals surface area contributed by atoms with Gasteiger partial charge < -0.3 is 9.84 Å². The van der Waals surface area contributed by atoms with E-state index in [1.54, 1.807) is 13.8 Å². The minimum atomic E-state index is -1.51. The first-order valence-electron chi connectivity index (χ1n) is 4.77. The number of aliphatic hydroxyl groups is 1. The van der Waals surface area contributed by atoms with Crippen LogP contribution in [0.4, 0.5) is 4.39 Å². The van der Waals surface area contributed by atoms with Crippen molar-refractivity contribution in [1.82, 2.24) is 0 Å². The summed E-state index contributed by atoms with van der Waals surface area (Å²) in [5.74, 6) is -1.42. The molecular formula is C11H12ClFO3. The maximum Gasteiger partial charge on any atom is 0.339 e. The lowest BCUT2D eigenvalue weighted by atomic mass is 10.0. The van der Waals surface area contributed by atoms with Crippen molar-refractivity contribution in [3.63, 3.8) is 0 Å². The van der Waals surface area contributed by atoms with E-state index in [9.17, 15) is 14.3 Å². The van der Waals surface area contributed by atoms with Crippen molar-refractivity contribution in [3.05, 3.63) is 34.1 Å². The second-order valence-corrected chi connectivity index (χ2v) is 3.66. The van der Waals surface area contributed by atoms with Crippen molar-refractivity contribution in [2.24, 2.45) is 0 Å². The Kier molecular flexibility index (Phi) is 4.26. The van der Waals surface area contributed by atoms with Crippen LogP contribution in [0.25, 0.3) is 0 Å². The van der Waals surface area contributed by atoms with Crippen LogP contribution in [0.3, 0.4) is 0 Å². The SMILES string of the molecule is CCOC(=O)C(O)c1cc(F)cc(Cl)c1C. The first-order valence-corrected chi connectivity index (χ1v) is 5.15. The fourth-order valence-electron chi connectivity index (χ4n) is 1.30. The van der Waals surface area contributed by atoms with Gasteiger partial charge in [0.05, 0.1) is 6.61 Å². The minimum absolute atomic E-state index is 0.128. The van der Waals surface area contributed by atoms with E-state index in [0.717, 1.165) is 12.1 Å². The molecule has 0 spiro atoms. The van der Waals surface area contributed by atoms with Crippen molar-refractivity contribution in [3.8, 4) is 0 Å². The van der Waals surface area contributed by atoms with E-state index in [4.69, 9.17) is 11.6 Å². The van der Waals surface area contributed by atoms with Crippen LogP contribution in [-0.2, 0) is 9.53 Å². The lowest BCUT2D eigenvalue weighted by molar-refractivity contribution is -0.153. The van der Waals surface area contributed by atoms with Crippen molar-refractivity contribution in [2.75, 3.05) is 6.61 Å². The van der Waals surface area contributed by atoms with Gasteiger partial charge in [-0.15, -0.1) is 0 Å². The summed E-state index contributed by atoms with van der Waals surface area (Å²) in [7, 11) is 0. The molecule has 1 rings (SSSR count). The van der Waals surface area contributed by atoms with Crippen LogP contribution in [0.15, 0.2) is 12.1 Å². The highest BCUT2D eigenvalue weighted by atomic mass is 35.5. The third-order valence-electron chi connectivity index (χ3n) is 2.15. The normalized spacial score (nSPS) is 12.3. The smallest absolute Gasteiger partial charge is 0.339 e. The van der Waals surface area contributed by atoms with Gasteiger partial charge >= 0.3 is 5.97 Å². The van der Waals surface area contributed by atoms with Crippen LogP contribution >= 0.6 is 11.6 Å². The number of benzene rings is 1. The first kappa shape index (κ1) is 12.9. The summed E-state index contributed by atoms with van der Waals surface area (Å²) in [4.78, 5) is 11.3. The number of rotatable bonds is 3. The summed E-state index contributed by atoms with van der Waals surface area (Å²) in [5, 5.41) is 9.82. The van der Waals surface area contributed by atoms with Crippen LogP contribution in [0.5, 0.6) is 0 Å². The Labute approximate surface area is 97.8 Å². The van der Waals surface area contributed by atoms with Gasteiger partial charge in [0.15, 0.2) is 6.10 Å². The summed E-state index contributed by atoms with van der Waals surface area (Å²) >= 11 is 5.74. The fourth-order valence-corrected chi connectivity index (χ4v) is 1.51. The molecule has 88 valence electrons. The van der Waals surface area contributed by atoms with Gasteiger partial charge in [-0.25, -0.2) is 9.18 Å². The molecule has 16 heavy (non-hydrogen) atoms. The molecule has 0 bridgehead atoms. The van der Waals surface area contributed by atoms with E-state index in [0.29, 0.717) is 5.56 Å². The molecule has 5 heteroatoms. The molecule has 1 aromatic rings. The van der Waals surface area contributed by atoms with E-state index >= 15 is 0 Å². The summed E-state index contributed by atoms with van der Waals surface area (Å²) in [5.41, 5.74) is 0.590. The summed E-state index contributed by atoms with van der Waals surface area (Å²) < 4.78 is 17.7. The van der Waals surface area contributed by atoms with Crippen LogP contribution in [0.2, 0.25) is 5.02 Å². The van der Waals surface area contributed by atoms with Gasteiger partial charge in [0.1, 0.15) is 5.82 Å². The fraction of sp³-hybridized carbons (Fsp3) is 0.364. The highest BCUT2D eigenvalue weighted by molar-refractivity contribution is 6.31. The molecule has 1 atom stereocenters. The molecular weight excluding hydrogens is 235 g/mol. The average molecular weight is 247 g/mol. The number of hydrogen-bond donors (Lipinski definition) is 1. The molecule has 0 aromatic heterocycles. The average Bonchev–Trinajstić information content (AvgIpc) is 2.22. The number of halogens is 2. The second-order valence-electron chi connectivity index (χ2n) is 3.26. The molecule has 0 radical (unpaired) electrons. The number of hydrogen-bond acceptors (Lipinski definition) is 3. The van der Waals surface area contributed by atoms with Gasteiger partial charge in [0.2, 0.25) is 0 Å². The highest BCUT2D eigenvalue weighted by Crippen LogP contribution is 2.26. The Morgan fingerprint density at radius 3 is 2.81 bits per heavy atom. The zero-order valence-electron chi connectivity index (χ0n) is 8.96. The van der Waals surface area contributed by atoms with Crippen molar-refractivity contribution >= 4 is 17.6 Å². The van der Waals surface area contributed by atoms with E-state index in [1.807, 2.05) is 0 Å². The Morgan fingerprint density at radius 1 is 1.62 bits per heavy atom. The lowest BCUT2D eigenvalue weighted by Gasteiger charge is -2.13. The van der Waals surface area contributed by atoms with E-state index in [2.05, 4.69) is 4.74 Å². The van der Waals surface area contributed by atoms with Crippen molar-refractivity contribution < 1.29 is 19.0 Å². The number of carbonyl (C=O) groups is 1. The Hall–Kier alpha value is -1.13. The molecule has 0 amide bonds. The molecule has 1 aromatic carbocycles. The Morgan fingerprint density at radius 2 is 2.25 bits per heavy atom. The van der Waals surface area contributed by atoms with Gasteiger partial charge in [-0.3, -0.25) is 0 Å². The quantitative estimate of drug-likeness (QED) is 0.833. The van der Waals surface area contributed by atoms with Gasteiger partial charge in [0, 0.05) is 5.02 Å². The maximum absolute atomic E-state index is 13.1. The third kappa shape index (κ3) is 2.71. The minimum Gasteiger partial charge on any atom is -0.464 e. The molecule has 1 unspecified atom stereocenters. The van der Waals surface area contributed by atoms with Gasteiger partial charge in [0.25, 0.3) is 0 Å². The Bertz CT molecular complexity index is 406. The van der Waals surface area contributed by atoms with E-state index in [1.165, 1.54) is 0 Å². The summed E-state index contributed by atoms with van der Waals surface area (Å²) in [6.07, 6.45) is -1.51. The summed E-state index contributed by atoms with van der Waals surface area (Å²) in [6.45, 7) is 3.37. The molecule has 0 aliphatic carbocycles. The molecule has 0 saturated carbocycles. The number of ether oxygens (including phenoxy) is 1. The molecule has 1 N–H and O–H groups in total.